The van der Waals surface area contributed by atoms with Crippen LogP contribution in [0.1, 0.15) is 29.8 Å². The Morgan fingerprint density at radius 3 is 2.37 bits per heavy atom. The minimum absolute atomic E-state index is 0.112. The Kier molecular flexibility index (Phi) is 8.19. The molecule has 0 unspecified atom stereocenters. The number of hydrogen-bond donors (Lipinski definition) is 3. The van der Waals surface area contributed by atoms with Crippen molar-refractivity contribution in [2.24, 2.45) is 5.92 Å². The van der Waals surface area contributed by atoms with Gasteiger partial charge in [-0.1, -0.05) is 29.8 Å². The summed E-state index contributed by atoms with van der Waals surface area (Å²) >= 11 is 8.65. The maximum atomic E-state index is 12.7. The van der Waals surface area contributed by atoms with Crippen LogP contribution in [0.25, 0.3) is 0 Å². The van der Waals surface area contributed by atoms with E-state index in [0.717, 1.165) is 10.0 Å². The number of hydrogen-bond acceptors (Lipinski definition) is 5. The molecule has 0 aliphatic heterocycles. The molecule has 2 aromatic carbocycles. The zero-order valence-corrected chi connectivity index (χ0v) is 19.8. The third-order valence-corrected chi connectivity index (χ3v) is 4.82. The van der Waals surface area contributed by atoms with E-state index < -0.39 is 5.91 Å². The van der Waals surface area contributed by atoms with Crippen molar-refractivity contribution in [3.8, 4) is 11.5 Å². The lowest BCUT2D eigenvalue weighted by Crippen LogP contribution is -2.34. The zero-order chi connectivity index (χ0) is 22.4. The van der Waals surface area contributed by atoms with Gasteiger partial charge in [0.25, 0.3) is 5.91 Å². The van der Waals surface area contributed by atoms with Crippen molar-refractivity contribution in [2.75, 3.05) is 24.9 Å². The molecule has 0 saturated heterocycles. The Bertz CT molecular complexity index is 979. The van der Waals surface area contributed by atoms with Crippen LogP contribution >= 0.6 is 28.1 Å². The van der Waals surface area contributed by atoms with E-state index in [4.69, 9.17) is 21.7 Å². The lowest BCUT2D eigenvalue weighted by Gasteiger charge is -2.16. The van der Waals surface area contributed by atoms with Gasteiger partial charge >= 0.3 is 0 Å². The van der Waals surface area contributed by atoms with Gasteiger partial charge in [-0.15, -0.1) is 0 Å². The molecular formula is C21H24BrN3O4S. The van der Waals surface area contributed by atoms with Crippen LogP contribution in [0.3, 0.4) is 0 Å². The van der Waals surface area contributed by atoms with Gasteiger partial charge in [-0.05, 0) is 49.0 Å². The topological polar surface area (TPSA) is 88.7 Å². The smallest absolute Gasteiger partial charge is 0.261 e. The average molecular weight is 494 g/mol. The molecule has 9 heteroatoms. The van der Waals surface area contributed by atoms with Crippen LogP contribution in [0.5, 0.6) is 11.5 Å². The number of benzene rings is 2. The normalized spacial score (nSPS) is 10.4. The molecule has 0 radical (unpaired) electrons. The summed E-state index contributed by atoms with van der Waals surface area (Å²) < 4.78 is 11.5. The van der Waals surface area contributed by atoms with Crippen molar-refractivity contribution in [1.82, 2.24) is 5.32 Å². The first-order valence-electron chi connectivity index (χ1n) is 9.11. The summed E-state index contributed by atoms with van der Waals surface area (Å²) in [4.78, 5) is 24.6. The largest absolute Gasteiger partial charge is 0.496 e. The number of nitrogens with one attached hydrogen (secondary N) is 3. The van der Waals surface area contributed by atoms with Crippen LogP contribution in [-0.4, -0.2) is 31.1 Å². The van der Waals surface area contributed by atoms with Gasteiger partial charge in [0.1, 0.15) is 11.5 Å². The van der Waals surface area contributed by atoms with Crippen LogP contribution in [0, 0.1) is 12.8 Å². The fraction of sp³-hybridized carbons (Fsp3) is 0.286. The molecule has 0 aliphatic rings. The lowest BCUT2D eigenvalue weighted by atomic mass is 10.1. The number of rotatable bonds is 6. The van der Waals surface area contributed by atoms with Crippen molar-refractivity contribution >= 4 is 56.4 Å². The summed E-state index contributed by atoms with van der Waals surface area (Å²) in [5.41, 5.74) is 2.32. The number of ether oxygens (including phenoxy) is 2. The first-order chi connectivity index (χ1) is 14.2. The van der Waals surface area contributed by atoms with Crippen LogP contribution in [0.15, 0.2) is 34.8 Å². The molecule has 160 valence electrons. The van der Waals surface area contributed by atoms with Crippen LogP contribution in [0.4, 0.5) is 11.4 Å². The summed E-state index contributed by atoms with van der Waals surface area (Å²) in [7, 11) is 3.02. The number of halogens is 1. The Morgan fingerprint density at radius 1 is 1.07 bits per heavy atom. The van der Waals surface area contributed by atoms with Crippen molar-refractivity contribution in [1.29, 1.82) is 0 Å². The maximum Gasteiger partial charge on any atom is 0.261 e. The molecule has 2 rings (SSSR count). The van der Waals surface area contributed by atoms with Gasteiger partial charge in [-0.2, -0.15) is 0 Å². The quantitative estimate of drug-likeness (QED) is 0.513. The van der Waals surface area contributed by atoms with Crippen molar-refractivity contribution in [3.63, 3.8) is 0 Å². The molecule has 3 N–H and O–H groups in total. The molecule has 0 heterocycles. The molecule has 7 nitrogen and oxygen atoms in total. The minimum Gasteiger partial charge on any atom is -0.496 e. The molecule has 2 aromatic rings. The van der Waals surface area contributed by atoms with Crippen LogP contribution in [0.2, 0.25) is 0 Å². The van der Waals surface area contributed by atoms with E-state index in [1.54, 1.807) is 38.1 Å². The second-order valence-electron chi connectivity index (χ2n) is 6.77. The molecule has 30 heavy (non-hydrogen) atoms. The van der Waals surface area contributed by atoms with E-state index in [9.17, 15) is 9.59 Å². The van der Waals surface area contributed by atoms with E-state index in [2.05, 4.69) is 31.9 Å². The van der Waals surface area contributed by atoms with Crippen LogP contribution < -0.4 is 25.4 Å². The standard InChI is InChI=1S/C21H24BrN3O4S/c1-11(2)19(26)24-16-7-6-14(10-17(16)28-4)23-21(30)25-20(27)15-9-13(22)8-12(3)18(15)29-5/h6-11H,1-5H3,(H,24,26)(H2,23,25,27,30). The van der Waals surface area contributed by atoms with Gasteiger partial charge < -0.3 is 20.1 Å². The Morgan fingerprint density at radius 2 is 1.77 bits per heavy atom. The van der Waals surface area contributed by atoms with E-state index >= 15 is 0 Å². The van der Waals surface area contributed by atoms with Gasteiger partial charge in [-0.3, -0.25) is 14.9 Å². The summed E-state index contributed by atoms with van der Waals surface area (Å²) in [6.07, 6.45) is 0. The predicted molar refractivity (Wildman–Crippen MR) is 126 cm³/mol. The highest BCUT2D eigenvalue weighted by atomic mass is 79.9. The fourth-order valence-corrected chi connectivity index (χ4v) is 3.43. The molecule has 0 bridgehead atoms. The average Bonchev–Trinajstić information content (AvgIpc) is 2.68. The molecule has 0 aromatic heterocycles. The number of carbonyl (C=O) groups excluding carboxylic acids is 2. The first-order valence-corrected chi connectivity index (χ1v) is 10.3. The SMILES string of the molecule is COc1cc(NC(=S)NC(=O)c2cc(Br)cc(C)c2OC)ccc1NC(=O)C(C)C. The predicted octanol–water partition coefficient (Wildman–Crippen LogP) is 4.50. The fourth-order valence-electron chi connectivity index (χ4n) is 2.65. The zero-order valence-electron chi connectivity index (χ0n) is 17.4. The summed E-state index contributed by atoms with van der Waals surface area (Å²) in [5, 5.41) is 8.50. The Hall–Kier alpha value is -2.65. The van der Waals surface area contributed by atoms with Crippen molar-refractivity contribution in [2.45, 2.75) is 20.8 Å². The third-order valence-electron chi connectivity index (χ3n) is 4.16. The van der Waals surface area contributed by atoms with E-state index in [0.29, 0.717) is 28.4 Å². The number of amides is 2. The molecule has 0 fully saturated rings. The molecule has 2 amide bonds. The van der Waals surface area contributed by atoms with Gasteiger partial charge in [-0.25, -0.2) is 0 Å². The Balaban J connectivity index is 2.13. The van der Waals surface area contributed by atoms with Crippen molar-refractivity contribution < 1.29 is 19.1 Å². The second kappa shape index (κ2) is 10.4. The molecule has 0 aliphatic carbocycles. The van der Waals surface area contributed by atoms with E-state index in [1.165, 1.54) is 14.2 Å². The molecule has 0 spiro atoms. The monoisotopic (exact) mass is 493 g/mol. The highest BCUT2D eigenvalue weighted by molar-refractivity contribution is 9.10. The Labute approximate surface area is 189 Å². The highest BCUT2D eigenvalue weighted by Crippen LogP contribution is 2.29. The second-order valence-corrected chi connectivity index (χ2v) is 8.09. The minimum atomic E-state index is -0.401. The van der Waals surface area contributed by atoms with Gasteiger partial charge in [0.05, 0.1) is 25.5 Å². The lowest BCUT2D eigenvalue weighted by molar-refractivity contribution is -0.118. The van der Waals surface area contributed by atoms with Gasteiger partial charge in [0.15, 0.2) is 5.11 Å². The molecule has 0 saturated carbocycles. The first kappa shape index (κ1) is 23.6. The van der Waals surface area contributed by atoms with Gasteiger partial charge in [0, 0.05) is 22.1 Å². The van der Waals surface area contributed by atoms with Crippen molar-refractivity contribution in [3.05, 3.63) is 45.9 Å². The number of carbonyl (C=O) groups is 2. The number of anilines is 2. The number of thiocarbonyl (C=S) groups is 1. The number of methoxy groups -OCH3 is 2. The maximum absolute atomic E-state index is 12.7. The molecule has 0 atom stereocenters. The summed E-state index contributed by atoms with van der Waals surface area (Å²) in [6, 6.07) is 8.63. The van der Waals surface area contributed by atoms with E-state index in [-0.39, 0.29) is 16.9 Å². The highest BCUT2D eigenvalue weighted by Gasteiger charge is 2.17. The third kappa shape index (κ3) is 5.93. The summed E-state index contributed by atoms with van der Waals surface area (Å²) in [5.74, 6) is 0.267. The number of aryl methyl sites for hydroxylation is 1. The van der Waals surface area contributed by atoms with Gasteiger partial charge in [0.2, 0.25) is 5.91 Å². The summed E-state index contributed by atoms with van der Waals surface area (Å²) in [6.45, 7) is 5.46. The molecular weight excluding hydrogens is 470 g/mol. The van der Waals surface area contributed by atoms with Crippen LogP contribution in [-0.2, 0) is 4.79 Å². The van der Waals surface area contributed by atoms with E-state index in [1.807, 2.05) is 13.0 Å².